The van der Waals surface area contributed by atoms with E-state index in [0.717, 1.165) is 200 Å². The predicted octanol–water partition coefficient (Wildman–Crippen LogP) is 37.5. The van der Waals surface area contributed by atoms with Crippen LogP contribution in [0.1, 0.15) is 0 Å². The van der Waals surface area contributed by atoms with Crippen molar-refractivity contribution in [3.63, 3.8) is 0 Å². The van der Waals surface area contributed by atoms with Crippen molar-refractivity contribution >= 4 is 216 Å². The Morgan fingerprint density at radius 3 is 1.13 bits per heavy atom. The van der Waals surface area contributed by atoms with Gasteiger partial charge in [0, 0.05) is 139 Å². The molecule has 0 aliphatic heterocycles. The summed E-state index contributed by atoms with van der Waals surface area (Å²) in [6.07, 6.45) is 1.85. The van der Waals surface area contributed by atoms with Crippen LogP contribution in [0.4, 0.5) is 0 Å². The molecule has 0 amide bonds. The Labute approximate surface area is 866 Å². The average Bonchev–Trinajstić information content (AvgIpc) is 1.52. The number of benzene rings is 22. The van der Waals surface area contributed by atoms with Crippen molar-refractivity contribution in [1.82, 2.24) is 44.0 Å². The van der Waals surface area contributed by atoms with E-state index >= 15 is 0 Å². The second-order valence-corrected chi connectivity index (χ2v) is 40.6. The van der Waals surface area contributed by atoms with Crippen molar-refractivity contribution in [2.24, 2.45) is 0 Å². The zero-order valence-corrected chi connectivity index (χ0v) is 82.1. The molecule has 0 saturated heterocycles. The van der Waals surface area contributed by atoms with Gasteiger partial charge in [-0.25, -0.2) is 34.9 Å². The summed E-state index contributed by atoms with van der Waals surface area (Å²) in [4.78, 5) is 36.6. The summed E-state index contributed by atoms with van der Waals surface area (Å²) in [7, 11) is 0. The quantitative estimate of drug-likeness (QED) is 0.124. The molecule has 10 aromatic heterocycles. The molecule has 0 aliphatic rings. The molecule has 11 nitrogen and oxygen atoms in total. The fourth-order valence-corrected chi connectivity index (χ4v) is 24.8. The van der Waals surface area contributed by atoms with Crippen LogP contribution in [0.25, 0.3) is 306 Å². The van der Waals surface area contributed by atoms with E-state index in [2.05, 4.69) is 458 Å². The first-order chi connectivity index (χ1) is 74.3. The monoisotopic (exact) mass is 1950 g/mol. The van der Waals surface area contributed by atoms with Crippen LogP contribution in [0.15, 0.2) is 500 Å². The molecule has 0 radical (unpaired) electrons. The lowest BCUT2D eigenvalue weighted by molar-refractivity contribution is 0.669. The first-order valence-electron chi connectivity index (χ1n) is 50.4. The Morgan fingerprint density at radius 1 is 0.180 bits per heavy atom. The minimum absolute atomic E-state index is 0.678. The first kappa shape index (κ1) is 86.0. The molecule has 22 aromatic carbocycles. The minimum Gasteiger partial charge on any atom is -0.456 e. The SMILES string of the molecule is c1ccc(-c2nc(-c3ccc(-c4ccc5c6ccccc6n(-c6ccccn6)c5c4)cc3)nc3c2ccc2sc4cc5ccccc5cc4c23)cc1.c1ccc(-c2nc(-c3cccc(-c4ccc5c(c4)c4ccccc4n5-c4ccccc4)c3)nc3c2ccc2oc4cc5ccccc5cc4c23)cc1.c1ccc(-c2nc(-c3cccc(-c4ccc5oc6ccccc6c5c4)c3)nc3c2ccc2sc4cc5ccccc5cc4c23)cc1. The lowest BCUT2D eigenvalue weighted by Crippen LogP contribution is -1.96. The third-order valence-corrected chi connectivity index (χ3v) is 31.9. The molecule has 32 aromatic rings. The number of furan rings is 2. The molecule has 0 atom stereocenters. The lowest BCUT2D eigenvalue weighted by atomic mass is 9.99. The summed E-state index contributed by atoms with van der Waals surface area (Å²) in [5, 5.41) is 24.5. The van der Waals surface area contributed by atoms with Gasteiger partial charge in [-0.05, 0) is 223 Å². The first-order valence-corrected chi connectivity index (χ1v) is 52.0. The molecule has 150 heavy (non-hydrogen) atoms. The third kappa shape index (κ3) is 14.6. The number of hydrogen-bond acceptors (Lipinski definition) is 11. The minimum atomic E-state index is 0.678. The van der Waals surface area contributed by atoms with Gasteiger partial charge in [0.2, 0.25) is 0 Å². The second kappa shape index (κ2) is 35.2. The van der Waals surface area contributed by atoms with Crippen LogP contribution in [0.2, 0.25) is 0 Å². The maximum atomic E-state index is 6.47. The average molecular weight is 1950 g/mol. The van der Waals surface area contributed by atoms with E-state index in [9.17, 15) is 0 Å². The maximum Gasteiger partial charge on any atom is 0.160 e. The number of rotatable bonds is 11. The summed E-state index contributed by atoms with van der Waals surface area (Å²) in [5.74, 6) is 3.02. The van der Waals surface area contributed by atoms with Gasteiger partial charge >= 0.3 is 0 Å². The van der Waals surface area contributed by atoms with Crippen molar-refractivity contribution in [1.29, 1.82) is 0 Å². The van der Waals surface area contributed by atoms with Crippen molar-refractivity contribution < 1.29 is 8.83 Å². The van der Waals surface area contributed by atoms with E-state index in [4.69, 9.17) is 43.7 Å². The molecular weight excluding hydrogens is 1870 g/mol. The maximum absolute atomic E-state index is 6.47. The number of thiophene rings is 2. The summed E-state index contributed by atoms with van der Waals surface area (Å²) in [6.45, 7) is 0. The van der Waals surface area contributed by atoms with Gasteiger partial charge < -0.3 is 13.4 Å². The Hall–Kier alpha value is -19.6. The molecule has 10 heterocycles. The topological polar surface area (TPSA) is 126 Å². The van der Waals surface area contributed by atoms with Gasteiger partial charge in [-0.3, -0.25) is 4.57 Å². The van der Waals surface area contributed by atoms with Gasteiger partial charge in [-0.2, -0.15) is 0 Å². The van der Waals surface area contributed by atoms with E-state index in [1.165, 1.54) is 99.9 Å². The molecule has 13 heteroatoms. The molecule has 698 valence electrons. The van der Waals surface area contributed by atoms with Gasteiger partial charge in [0.25, 0.3) is 0 Å². The van der Waals surface area contributed by atoms with E-state index in [-0.39, 0.29) is 0 Å². The van der Waals surface area contributed by atoms with Crippen molar-refractivity contribution in [2.45, 2.75) is 0 Å². The zero-order valence-electron chi connectivity index (χ0n) is 80.4. The number of hydrogen-bond donors (Lipinski definition) is 0. The summed E-state index contributed by atoms with van der Waals surface area (Å²) < 4.78 is 22.2. The van der Waals surface area contributed by atoms with Gasteiger partial charge in [0.05, 0.1) is 61.1 Å². The van der Waals surface area contributed by atoms with Crippen molar-refractivity contribution in [3.05, 3.63) is 492 Å². The summed E-state index contributed by atoms with van der Waals surface area (Å²) >= 11 is 3.66. The van der Waals surface area contributed by atoms with Gasteiger partial charge in [0.15, 0.2) is 17.5 Å². The molecule has 0 N–H and O–H groups in total. The fraction of sp³-hybridized carbons (Fsp3) is 0. The molecule has 32 rings (SSSR count). The molecule has 0 unspecified atom stereocenters. The van der Waals surface area contributed by atoms with Gasteiger partial charge in [-0.15, -0.1) is 22.7 Å². The van der Waals surface area contributed by atoms with Crippen LogP contribution in [0.5, 0.6) is 0 Å². The number of nitrogens with zero attached hydrogens (tertiary/aromatic N) is 9. The van der Waals surface area contributed by atoms with E-state index in [1.54, 1.807) is 0 Å². The predicted molar refractivity (Wildman–Crippen MR) is 627 cm³/mol. The van der Waals surface area contributed by atoms with Crippen LogP contribution >= 0.6 is 22.7 Å². The molecule has 0 spiro atoms. The summed E-state index contributed by atoms with van der Waals surface area (Å²) in [5.41, 5.74) is 27.8. The van der Waals surface area contributed by atoms with Crippen LogP contribution in [-0.4, -0.2) is 44.0 Å². The molecule has 0 bridgehead atoms. The molecule has 0 fully saturated rings. The van der Waals surface area contributed by atoms with Gasteiger partial charge in [-0.1, -0.05) is 328 Å². The van der Waals surface area contributed by atoms with Gasteiger partial charge in [0.1, 0.15) is 28.1 Å². The number of pyridine rings is 1. The Bertz CT molecular complexity index is 11100. The highest BCUT2D eigenvalue weighted by atomic mass is 32.1. The number of aromatic nitrogens is 9. The standard InChI is InChI=1S/C48H29N3O.C47H28N4S.C42H24N2OS/c1-3-12-30(13-4-1)46-38-23-25-43-45(40-28-32-14-7-8-15-33(32)29-44(40)52-43)47(38)50-48(49-46)35-17-11-16-31(26-35)34-22-24-42-39(27-34)37-20-9-10-21-41(37)51(42)36-18-5-2-6-19-36;1-2-10-30(11-3-1)45-37-23-24-41-44(38-26-32-12-4-5-13-33(32)28-42(38)52-41)46(37)50-47(49-45)31-19-17-29(18-20-31)34-21-22-36-35-14-6-7-15-39(35)51(40(36)27-34)43-16-8-9-25-48-43;1-2-9-25(10-3-1)40-32-18-20-37-39(34-23-27-11-4-5-12-28(27)24-38(34)46-37)41(32)44-42(43-40)30-14-8-13-26(21-30)29-17-19-36-33(22-29)31-15-6-7-16-35(31)45-36/h1-29H;1-28H;1-24H. The number of para-hydroxylation sites is 4. The highest BCUT2D eigenvalue weighted by Crippen LogP contribution is 2.49. The normalized spacial score (nSPS) is 11.9. The van der Waals surface area contributed by atoms with E-state index < -0.39 is 0 Å². The van der Waals surface area contributed by atoms with Crippen molar-refractivity contribution in [2.75, 3.05) is 0 Å². The zero-order chi connectivity index (χ0) is 98.5. The third-order valence-electron chi connectivity index (χ3n) is 29.6. The van der Waals surface area contributed by atoms with E-state index in [0.29, 0.717) is 5.82 Å². The van der Waals surface area contributed by atoms with Crippen LogP contribution in [0.3, 0.4) is 0 Å². The highest BCUT2D eigenvalue weighted by molar-refractivity contribution is 7.26. The fourth-order valence-electron chi connectivity index (χ4n) is 22.5. The lowest BCUT2D eigenvalue weighted by Gasteiger charge is -2.12. The second-order valence-electron chi connectivity index (χ2n) is 38.4. The van der Waals surface area contributed by atoms with Crippen LogP contribution < -0.4 is 0 Å². The van der Waals surface area contributed by atoms with Crippen molar-refractivity contribution in [3.8, 4) is 113 Å². The Morgan fingerprint density at radius 2 is 0.560 bits per heavy atom. The largest absolute Gasteiger partial charge is 0.456 e. The Balaban J connectivity index is 0.000000104. The molecule has 0 saturated carbocycles. The Kier molecular flexibility index (Phi) is 20.1. The summed E-state index contributed by atoms with van der Waals surface area (Å²) in [6, 6.07) is 171. The van der Waals surface area contributed by atoms with Crippen LogP contribution in [-0.2, 0) is 0 Å². The van der Waals surface area contributed by atoms with E-state index in [1.807, 2.05) is 65.3 Å². The highest BCUT2D eigenvalue weighted by Gasteiger charge is 2.26. The smallest absolute Gasteiger partial charge is 0.160 e. The van der Waals surface area contributed by atoms with Crippen LogP contribution in [0, 0.1) is 0 Å². The number of fused-ring (bicyclic) bond motifs is 27. The molecular formula is C137H81N9O2S2. The molecule has 0 aliphatic carbocycles.